The van der Waals surface area contributed by atoms with Crippen molar-refractivity contribution in [2.75, 3.05) is 20.2 Å². The first-order valence-electron chi connectivity index (χ1n) is 7.59. The molecule has 0 spiro atoms. The molecule has 1 aromatic rings. The lowest BCUT2D eigenvalue weighted by Gasteiger charge is -2.21. The molecule has 2 saturated carbocycles. The van der Waals surface area contributed by atoms with Crippen LogP contribution >= 0.6 is 0 Å². The Morgan fingerprint density at radius 2 is 2.05 bits per heavy atom. The number of carbonyl (C=O) groups is 1. The number of ketones is 1. The van der Waals surface area contributed by atoms with Crippen LogP contribution in [0.2, 0.25) is 0 Å². The first-order valence-corrected chi connectivity index (χ1v) is 7.59. The molecule has 3 heteroatoms. The van der Waals surface area contributed by atoms with E-state index in [4.69, 9.17) is 4.74 Å². The Hall–Kier alpha value is -1.35. The van der Waals surface area contributed by atoms with E-state index < -0.39 is 0 Å². The average Bonchev–Trinajstić information content (AvgIpc) is 3.29. The minimum Gasteiger partial charge on any atom is -0.496 e. The monoisotopic (exact) mass is 273 g/mol. The highest BCUT2D eigenvalue weighted by Crippen LogP contribution is 2.35. The van der Waals surface area contributed by atoms with Gasteiger partial charge in [-0.05, 0) is 56.2 Å². The van der Waals surface area contributed by atoms with Gasteiger partial charge in [-0.15, -0.1) is 0 Å². The molecular weight excluding hydrogens is 250 g/mol. The van der Waals surface area contributed by atoms with E-state index in [9.17, 15) is 4.79 Å². The molecule has 2 aliphatic carbocycles. The van der Waals surface area contributed by atoms with Crippen molar-refractivity contribution in [3.63, 3.8) is 0 Å². The second-order valence-corrected chi connectivity index (χ2v) is 6.23. The molecule has 0 N–H and O–H groups in total. The summed E-state index contributed by atoms with van der Waals surface area (Å²) < 4.78 is 5.36. The second kappa shape index (κ2) is 5.57. The van der Waals surface area contributed by atoms with Crippen molar-refractivity contribution in [1.29, 1.82) is 0 Å². The SMILES string of the molecule is COc1cc(C)ccc1C(=O)CN(CC1CC1)C1CC1. The van der Waals surface area contributed by atoms with Gasteiger partial charge in [0.1, 0.15) is 5.75 Å². The zero-order valence-corrected chi connectivity index (χ0v) is 12.4. The van der Waals surface area contributed by atoms with E-state index in [2.05, 4.69) is 4.90 Å². The number of ether oxygens (including phenoxy) is 1. The summed E-state index contributed by atoms with van der Waals surface area (Å²) in [5, 5.41) is 0. The van der Waals surface area contributed by atoms with Crippen molar-refractivity contribution in [2.24, 2.45) is 5.92 Å². The molecule has 2 aliphatic rings. The topological polar surface area (TPSA) is 29.5 Å². The number of hydrogen-bond donors (Lipinski definition) is 0. The van der Waals surface area contributed by atoms with Crippen LogP contribution in [0.25, 0.3) is 0 Å². The largest absolute Gasteiger partial charge is 0.496 e. The summed E-state index contributed by atoms with van der Waals surface area (Å²) in [4.78, 5) is 14.9. The second-order valence-electron chi connectivity index (χ2n) is 6.23. The number of benzene rings is 1. The fourth-order valence-electron chi connectivity index (χ4n) is 2.71. The van der Waals surface area contributed by atoms with Crippen molar-refractivity contribution in [3.05, 3.63) is 29.3 Å². The molecule has 0 unspecified atom stereocenters. The molecule has 0 amide bonds. The van der Waals surface area contributed by atoms with Gasteiger partial charge in [0.05, 0.1) is 19.2 Å². The van der Waals surface area contributed by atoms with Crippen LogP contribution in [0.15, 0.2) is 18.2 Å². The third-order valence-corrected chi connectivity index (χ3v) is 4.26. The van der Waals surface area contributed by atoms with Crippen LogP contribution in [0.4, 0.5) is 0 Å². The fourth-order valence-corrected chi connectivity index (χ4v) is 2.71. The minimum atomic E-state index is 0.189. The molecule has 0 radical (unpaired) electrons. The maximum absolute atomic E-state index is 12.6. The number of aryl methyl sites for hydroxylation is 1. The Kier molecular flexibility index (Phi) is 3.79. The zero-order chi connectivity index (χ0) is 14.1. The summed E-state index contributed by atoms with van der Waals surface area (Å²) in [6.45, 7) is 3.66. The molecule has 0 atom stereocenters. The molecule has 20 heavy (non-hydrogen) atoms. The van der Waals surface area contributed by atoms with Crippen molar-refractivity contribution in [1.82, 2.24) is 4.90 Å². The van der Waals surface area contributed by atoms with Crippen molar-refractivity contribution >= 4 is 5.78 Å². The predicted molar refractivity (Wildman–Crippen MR) is 79.4 cm³/mol. The summed E-state index contributed by atoms with van der Waals surface area (Å²) in [5.41, 5.74) is 1.84. The normalized spacial score (nSPS) is 18.4. The number of carbonyl (C=O) groups excluding carboxylic acids is 1. The Bertz CT molecular complexity index is 504. The van der Waals surface area contributed by atoms with E-state index in [0.717, 1.165) is 23.6 Å². The lowest BCUT2D eigenvalue weighted by atomic mass is 10.1. The highest BCUT2D eigenvalue weighted by Gasteiger charge is 2.34. The molecular formula is C17H23NO2. The first-order chi connectivity index (χ1) is 9.67. The quantitative estimate of drug-likeness (QED) is 0.715. The van der Waals surface area contributed by atoms with Gasteiger partial charge < -0.3 is 4.74 Å². The van der Waals surface area contributed by atoms with Gasteiger partial charge in [-0.3, -0.25) is 9.69 Å². The fraction of sp³-hybridized carbons (Fsp3) is 0.588. The van der Waals surface area contributed by atoms with Gasteiger partial charge in [0, 0.05) is 12.6 Å². The van der Waals surface area contributed by atoms with E-state index in [1.807, 2.05) is 25.1 Å². The van der Waals surface area contributed by atoms with Crippen LogP contribution in [-0.4, -0.2) is 36.9 Å². The van der Waals surface area contributed by atoms with Gasteiger partial charge in [-0.1, -0.05) is 6.07 Å². The summed E-state index contributed by atoms with van der Waals surface area (Å²) in [6, 6.07) is 6.47. The first kappa shape index (κ1) is 13.6. The maximum Gasteiger partial charge on any atom is 0.180 e. The van der Waals surface area contributed by atoms with E-state index >= 15 is 0 Å². The molecule has 2 fully saturated rings. The highest BCUT2D eigenvalue weighted by molar-refractivity contribution is 6.00. The molecule has 108 valence electrons. The molecule has 0 heterocycles. The van der Waals surface area contributed by atoms with Crippen molar-refractivity contribution < 1.29 is 9.53 Å². The summed E-state index contributed by atoms with van der Waals surface area (Å²) >= 11 is 0. The van der Waals surface area contributed by atoms with E-state index in [0.29, 0.717) is 18.3 Å². The Morgan fingerprint density at radius 3 is 2.65 bits per heavy atom. The number of hydrogen-bond acceptors (Lipinski definition) is 3. The number of methoxy groups -OCH3 is 1. The standard InChI is InChI=1S/C17H23NO2/c1-12-3-8-15(17(9-12)20-2)16(19)11-18(14-6-7-14)10-13-4-5-13/h3,8-9,13-14H,4-7,10-11H2,1-2H3. The van der Waals surface area contributed by atoms with E-state index in [1.165, 1.54) is 25.7 Å². The van der Waals surface area contributed by atoms with Gasteiger partial charge in [-0.2, -0.15) is 0 Å². The van der Waals surface area contributed by atoms with Gasteiger partial charge in [-0.25, -0.2) is 0 Å². The van der Waals surface area contributed by atoms with Gasteiger partial charge in [0.25, 0.3) is 0 Å². The van der Waals surface area contributed by atoms with Crippen LogP contribution in [0.5, 0.6) is 5.75 Å². The average molecular weight is 273 g/mol. The summed E-state index contributed by atoms with van der Waals surface area (Å²) in [6.07, 6.45) is 5.19. The molecule has 3 nitrogen and oxygen atoms in total. The van der Waals surface area contributed by atoms with Crippen LogP contribution in [0.3, 0.4) is 0 Å². The highest BCUT2D eigenvalue weighted by atomic mass is 16.5. The molecule has 3 rings (SSSR count). The van der Waals surface area contributed by atoms with Crippen LogP contribution < -0.4 is 4.74 Å². The summed E-state index contributed by atoms with van der Waals surface area (Å²) in [5.74, 6) is 1.73. The predicted octanol–water partition coefficient (Wildman–Crippen LogP) is 3.06. The van der Waals surface area contributed by atoms with Gasteiger partial charge in [0.2, 0.25) is 0 Å². The van der Waals surface area contributed by atoms with Gasteiger partial charge >= 0.3 is 0 Å². The van der Waals surface area contributed by atoms with Gasteiger partial charge in [0.15, 0.2) is 5.78 Å². The lowest BCUT2D eigenvalue weighted by molar-refractivity contribution is 0.0918. The van der Waals surface area contributed by atoms with Crippen molar-refractivity contribution in [3.8, 4) is 5.75 Å². The third-order valence-electron chi connectivity index (χ3n) is 4.26. The Balaban J connectivity index is 1.70. The summed E-state index contributed by atoms with van der Waals surface area (Å²) in [7, 11) is 1.63. The molecule has 1 aromatic carbocycles. The molecule has 0 aliphatic heterocycles. The van der Waals surface area contributed by atoms with Crippen molar-refractivity contribution in [2.45, 2.75) is 38.6 Å². The minimum absolute atomic E-state index is 0.189. The van der Waals surface area contributed by atoms with E-state index in [-0.39, 0.29) is 5.78 Å². The Labute approximate surface area is 120 Å². The maximum atomic E-state index is 12.6. The molecule has 0 aromatic heterocycles. The lowest BCUT2D eigenvalue weighted by Crippen LogP contribution is -2.33. The molecule has 0 saturated heterocycles. The Morgan fingerprint density at radius 1 is 1.30 bits per heavy atom. The molecule has 0 bridgehead atoms. The third kappa shape index (κ3) is 3.21. The van der Waals surface area contributed by atoms with Crippen LogP contribution in [-0.2, 0) is 0 Å². The van der Waals surface area contributed by atoms with Crippen LogP contribution in [0, 0.1) is 12.8 Å². The number of rotatable bonds is 7. The number of nitrogens with zero attached hydrogens (tertiary/aromatic N) is 1. The zero-order valence-electron chi connectivity index (χ0n) is 12.4. The smallest absolute Gasteiger partial charge is 0.180 e. The number of Topliss-reactive ketones (excluding diaryl/α,β-unsaturated/α-hetero) is 1. The van der Waals surface area contributed by atoms with Crippen LogP contribution in [0.1, 0.15) is 41.6 Å². The van der Waals surface area contributed by atoms with E-state index in [1.54, 1.807) is 7.11 Å².